The van der Waals surface area contributed by atoms with E-state index in [0.29, 0.717) is 0 Å². The summed E-state index contributed by atoms with van der Waals surface area (Å²) < 4.78 is 4.49. The molecule has 4 atom stereocenters. The fraction of sp³-hybridized carbons (Fsp3) is 1.00. The van der Waals surface area contributed by atoms with Gasteiger partial charge in [-0.2, -0.15) is 0 Å². The van der Waals surface area contributed by atoms with E-state index in [1.807, 2.05) is 0 Å². The second-order valence-electron chi connectivity index (χ2n) is 2.90. The van der Waals surface area contributed by atoms with Crippen LogP contribution in [-0.4, -0.2) is 67.6 Å². The third-order valence-electron chi connectivity index (χ3n) is 2.02. The molecule has 1 heterocycles. The van der Waals surface area contributed by atoms with Crippen molar-refractivity contribution in [3.8, 4) is 0 Å². The molecule has 0 amide bonds. The lowest BCUT2D eigenvalue weighted by Crippen LogP contribution is -2.52. The van der Waals surface area contributed by atoms with Crippen LogP contribution in [0.3, 0.4) is 0 Å². The van der Waals surface area contributed by atoms with E-state index in [0.717, 1.165) is 0 Å². The van der Waals surface area contributed by atoms with E-state index in [1.54, 1.807) is 0 Å². The fourth-order valence-corrected chi connectivity index (χ4v) is 1.19. The molecule has 7 nitrogen and oxygen atoms in total. The van der Waals surface area contributed by atoms with E-state index in [4.69, 9.17) is 25.5 Å². The second kappa shape index (κ2) is 3.46. The Labute approximate surface area is 73.4 Å². The molecule has 78 valence electrons. The van der Waals surface area contributed by atoms with E-state index in [2.05, 4.69) is 4.74 Å². The molecule has 1 saturated heterocycles. The van der Waals surface area contributed by atoms with Crippen LogP contribution in [0.4, 0.5) is 0 Å². The van der Waals surface area contributed by atoms with Crippen LogP contribution in [0.25, 0.3) is 0 Å². The summed E-state index contributed by atoms with van der Waals surface area (Å²) in [5.74, 6) is -2.65. The van der Waals surface area contributed by atoms with Gasteiger partial charge in [-0.1, -0.05) is 0 Å². The van der Waals surface area contributed by atoms with Crippen molar-refractivity contribution in [1.29, 1.82) is 0 Å². The normalized spacial score (nSPS) is 45.9. The molecule has 0 saturated carbocycles. The average Bonchev–Trinajstić information content (AvgIpc) is 2.31. The maximum Gasteiger partial charge on any atom is 0.247 e. The standard InChI is InChI=1S/C6H12O7/c7-1-2-3(8)4(9)6(12,13-2)5(10)11/h2-5,7-12H,1H2. The lowest BCUT2D eigenvalue weighted by molar-refractivity contribution is -0.327. The van der Waals surface area contributed by atoms with E-state index in [1.165, 1.54) is 0 Å². The topological polar surface area (TPSA) is 131 Å². The molecule has 0 aliphatic carbocycles. The predicted octanol–water partition coefficient (Wildman–Crippen LogP) is -3.90. The maximum absolute atomic E-state index is 9.27. The zero-order chi connectivity index (χ0) is 10.2. The van der Waals surface area contributed by atoms with E-state index < -0.39 is 37.0 Å². The molecule has 1 rings (SSSR count). The van der Waals surface area contributed by atoms with Crippen molar-refractivity contribution in [3.05, 3.63) is 0 Å². The maximum atomic E-state index is 9.27. The Hall–Kier alpha value is -0.280. The van der Waals surface area contributed by atoms with Crippen LogP contribution in [0.15, 0.2) is 0 Å². The molecule has 7 heteroatoms. The molecule has 1 aliphatic heterocycles. The first kappa shape index (κ1) is 10.8. The first-order chi connectivity index (χ1) is 5.93. The molecule has 0 aromatic heterocycles. The SMILES string of the molecule is OCC1OC(O)(C(O)O)C(O)C1O. The highest BCUT2D eigenvalue weighted by Crippen LogP contribution is 2.30. The van der Waals surface area contributed by atoms with Gasteiger partial charge < -0.3 is 35.4 Å². The van der Waals surface area contributed by atoms with E-state index >= 15 is 0 Å². The average molecular weight is 196 g/mol. The van der Waals surface area contributed by atoms with Gasteiger partial charge in [0.05, 0.1) is 6.61 Å². The Kier molecular flexibility index (Phi) is 2.88. The Morgan fingerprint density at radius 2 is 1.85 bits per heavy atom. The van der Waals surface area contributed by atoms with Crippen LogP contribution in [0.2, 0.25) is 0 Å². The Balaban J connectivity index is 2.81. The highest BCUT2D eigenvalue weighted by molar-refractivity contribution is 4.96. The van der Waals surface area contributed by atoms with Crippen molar-refractivity contribution < 1.29 is 35.4 Å². The van der Waals surface area contributed by atoms with Crippen molar-refractivity contribution in [1.82, 2.24) is 0 Å². The van der Waals surface area contributed by atoms with Crippen LogP contribution in [-0.2, 0) is 4.74 Å². The number of hydrogen-bond donors (Lipinski definition) is 6. The highest BCUT2D eigenvalue weighted by atomic mass is 16.7. The summed E-state index contributed by atoms with van der Waals surface area (Å²) in [4.78, 5) is 0. The first-order valence-electron chi connectivity index (χ1n) is 3.66. The number of rotatable bonds is 2. The Morgan fingerprint density at radius 1 is 1.31 bits per heavy atom. The summed E-state index contributed by atoms with van der Waals surface area (Å²) in [7, 11) is 0. The lowest BCUT2D eigenvalue weighted by atomic mass is 10.1. The summed E-state index contributed by atoms with van der Waals surface area (Å²) in [6.45, 7) is -0.646. The second-order valence-corrected chi connectivity index (χ2v) is 2.90. The molecule has 6 N–H and O–H groups in total. The molecule has 0 aromatic carbocycles. The zero-order valence-corrected chi connectivity index (χ0v) is 6.61. The van der Waals surface area contributed by atoms with E-state index in [9.17, 15) is 5.11 Å². The first-order valence-corrected chi connectivity index (χ1v) is 3.66. The lowest BCUT2D eigenvalue weighted by Gasteiger charge is -2.27. The van der Waals surface area contributed by atoms with Gasteiger partial charge >= 0.3 is 0 Å². The highest BCUT2D eigenvalue weighted by Gasteiger charge is 2.57. The fourth-order valence-electron chi connectivity index (χ4n) is 1.19. The van der Waals surface area contributed by atoms with Crippen LogP contribution in [0, 0.1) is 0 Å². The number of aliphatic hydroxyl groups excluding tert-OH is 4. The number of aliphatic hydroxyl groups is 6. The monoisotopic (exact) mass is 196 g/mol. The molecule has 1 aliphatic rings. The predicted molar refractivity (Wildman–Crippen MR) is 37.1 cm³/mol. The molecule has 4 unspecified atom stereocenters. The molecule has 0 radical (unpaired) electrons. The summed E-state index contributed by atoms with van der Waals surface area (Å²) in [5, 5.41) is 53.4. The van der Waals surface area contributed by atoms with Gasteiger partial charge in [0, 0.05) is 0 Å². The molecule has 0 spiro atoms. The van der Waals surface area contributed by atoms with Gasteiger partial charge in [0.15, 0.2) is 0 Å². The van der Waals surface area contributed by atoms with Gasteiger partial charge in [0.1, 0.15) is 18.3 Å². The van der Waals surface area contributed by atoms with Gasteiger partial charge in [-0.05, 0) is 0 Å². The van der Waals surface area contributed by atoms with Gasteiger partial charge in [0.25, 0.3) is 0 Å². The molecule has 0 bridgehead atoms. The zero-order valence-electron chi connectivity index (χ0n) is 6.61. The van der Waals surface area contributed by atoms with Gasteiger partial charge in [-0.3, -0.25) is 0 Å². The molecule has 0 aromatic rings. The molecule has 1 fully saturated rings. The molecule has 13 heavy (non-hydrogen) atoms. The van der Waals surface area contributed by atoms with Gasteiger partial charge in [0.2, 0.25) is 12.1 Å². The third kappa shape index (κ3) is 1.55. The van der Waals surface area contributed by atoms with Crippen molar-refractivity contribution in [3.63, 3.8) is 0 Å². The van der Waals surface area contributed by atoms with Crippen LogP contribution in [0.5, 0.6) is 0 Å². The Bertz CT molecular complexity index is 184. The van der Waals surface area contributed by atoms with Crippen molar-refractivity contribution in [2.24, 2.45) is 0 Å². The van der Waals surface area contributed by atoms with Crippen molar-refractivity contribution in [2.45, 2.75) is 30.4 Å². The van der Waals surface area contributed by atoms with Crippen molar-refractivity contribution in [2.75, 3.05) is 6.61 Å². The minimum Gasteiger partial charge on any atom is -0.394 e. The molecular formula is C6H12O7. The minimum absolute atomic E-state index is 0.646. The van der Waals surface area contributed by atoms with Crippen LogP contribution >= 0.6 is 0 Å². The summed E-state index contributed by atoms with van der Waals surface area (Å²) in [5.41, 5.74) is 0. The minimum atomic E-state index is -2.65. The molecular weight excluding hydrogens is 184 g/mol. The summed E-state index contributed by atoms with van der Waals surface area (Å²) >= 11 is 0. The number of ether oxygens (including phenoxy) is 1. The van der Waals surface area contributed by atoms with Crippen molar-refractivity contribution >= 4 is 0 Å². The van der Waals surface area contributed by atoms with E-state index in [-0.39, 0.29) is 0 Å². The van der Waals surface area contributed by atoms with Crippen LogP contribution in [0.1, 0.15) is 0 Å². The summed E-state index contributed by atoms with van der Waals surface area (Å²) in [6.07, 6.45) is -7.02. The van der Waals surface area contributed by atoms with Gasteiger partial charge in [-0.25, -0.2) is 0 Å². The Morgan fingerprint density at radius 3 is 2.08 bits per heavy atom. The number of hydrogen-bond acceptors (Lipinski definition) is 7. The summed E-state index contributed by atoms with van der Waals surface area (Å²) in [6, 6.07) is 0. The third-order valence-corrected chi connectivity index (χ3v) is 2.02. The quantitative estimate of drug-likeness (QED) is 0.249. The van der Waals surface area contributed by atoms with Crippen LogP contribution < -0.4 is 0 Å². The van der Waals surface area contributed by atoms with Gasteiger partial charge in [-0.15, -0.1) is 0 Å². The smallest absolute Gasteiger partial charge is 0.247 e. The largest absolute Gasteiger partial charge is 0.394 e.